The number of amides is 1. The van der Waals surface area contributed by atoms with Gasteiger partial charge in [0.1, 0.15) is 6.07 Å². The minimum Gasteiger partial charge on any atom is -0.380 e. The van der Waals surface area contributed by atoms with E-state index in [0.29, 0.717) is 30.9 Å². The van der Waals surface area contributed by atoms with Crippen molar-refractivity contribution in [3.05, 3.63) is 35.7 Å². The highest BCUT2D eigenvalue weighted by Crippen LogP contribution is 2.26. The molecule has 0 radical (unpaired) electrons. The summed E-state index contributed by atoms with van der Waals surface area (Å²) in [5, 5.41) is 24.2. The average Bonchev–Trinajstić information content (AvgIpc) is 3.05. The third-order valence-electron chi connectivity index (χ3n) is 5.01. The van der Waals surface area contributed by atoms with Crippen molar-refractivity contribution >= 4 is 34.3 Å². The molecule has 1 aliphatic heterocycles. The van der Waals surface area contributed by atoms with Crippen LogP contribution in [0.3, 0.4) is 0 Å². The first kappa shape index (κ1) is 19.6. The molecule has 11 heteroatoms. The smallest absolute Gasteiger partial charge is 0.273 e. The lowest BCUT2D eigenvalue weighted by Gasteiger charge is -2.29. The van der Waals surface area contributed by atoms with Crippen molar-refractivity contribution < 1.29 is 9.53 Å². The van der Waals surface area contributed by atoms with Crippen molar-refractivity contribution in [2.24, 2.45) is 18.5 Å². The molecule has 1 amide bonds. The number of rotatable bonds is 5. The summed E-state index contributed by atoms with van der Waals surface area (Å²) in [6.07, 6.45) is 2.46. The van der Waals surface area contributed by atoms with Crippen LogP contribution in [-0.4, -0.2) is 51.0 Å². The first-order valence-corrected chi connectivity index (χ1v) is 9.37. The lowest BCUT2D eigenvalue weighted by atomic mass is 10.1. The number of fused-ring (bicyclic) bond motifs is 1. The average molecular weight is 407 g/mol. The Bertz CT molecular complexity index is 1150. The van der Waals surface area contributed by atoms with Gasteiger partial charge in [-0.15, -0.1) is 10.2 Å². The number of carbonyl (C=O) groups excluding carboxylic acids is 1. The number of benzene rings is 1. The summed E-state index contributed by atoms with van der Waals surface area (Å²) >= 11 is 0. The van der Waals surface area contributed by atoms with Gasteiger partial charge in [-0.1, -0.05) is 0 Å². The lowest BCUT2D eigenvalue weighted by Crippen LogP contribution is -2.48. The van der Waals surface area contributed by atoms with Gasteiger partial charge < -0.3 is 31.4 Å². The van der Waals surface area contributed by atoms with Crippen LogP contribution in [0.1, 0.15) is 22.5 Å². The van der Waals surface area contributed by atoms with Crippen LogP contribution < -0.4 is 22.1 Å². The van der Waals surface area contributed by atoms with Gasteiger partial charge in [0.15, 0.2) is 11.5 Å². The van der Waals surface area contributed by atoms with Crippen molar-refractivity contribution in [2.45, 2.75) is 18.5 Å². The number of aromatic nitrogens is 4. The molecule has 2 aromatic heterocycles. The molecule has 0 spiro atoms. The number of nitriles is 1. The first-order valence-electron chi connectivity index (χ1n) is 9.37. The number of ether oxygens (including phenoxy) is 1. The highest BCUT2D eigenvalue weighted by Gasteiger charge is 2.24. The van der Waals surface area contributed by atoms with Crippen LogP contribution in [0.4, 0.5) is 17.5 Å². The SMILES string of the molecule is Cn1cc(C#N)c2ccc(Nc3nc(N[C@@H]4CCOC[C@@H]4N)nnc3C(N)=O)cc21. The van der Waals surface area contributed by atoms with E-state index in [9.17, 15) is 10.1 Å². The van der Waals surface area contributed by atoms with E-state index in [2.05, 4.69) is 31.9 Å². The second-order valence-electron chi connectivity index (χ2n) is 7.10. The highest BCUT2D eigenvalue weighted by atomic mass is 16.5. The minimum absolute atomic E-state index is 0.0723. The summed E-state index contributed by atoms with van der Waals surface area (Å²) in [5.41, 5.74) is 13.5. The zero-order valence-corrected chi connectivity index (χ0v) is 16.3. The third kappa shape index (κ3) is 3.73. The summed E-state index contributed by atoms with van der Waals surface area (Å²) in [7, 11) is 1.85. The zero-order valence-electron chi connectivity index (χ0n) is 16.3. The van der Waals surface area contributed by atoms with Crippen LogP contribution in [0, 0.1) is 11.3 Å². The zero-order chi connectivity index (χ0) is 21.3. The predicted octanol–water partition coefficient (Wildman–Crippen LogP) is 0.606. The van der Waals surface area contributed by atoms with Crippen LogP contribution in [0.5, 0.6) is 0 Å². The molecule has 2 atom stereocenters. The van der Waals surface area contributed by atoms with E-state index >= 15 is 0 Å². The molecule has 0 bridgehead atoms. The molecule has 11 nitrogen and oxygen atoms in total. The molecule has 1 fully saturated rings. The fourth-order valence-corrected chi connectivity index (χ4v) is 3.43. The van der Waals surface area contributed by atoms with Crippen molar-refractivity contribution in [3.8, 4) is 6.07 Å². The molecule has 0 saturated carbocycles. The van der Waals surface area contributed by atoms with Crippen molar-refractivity contribution in [1.29, 1.82) is 5.26 Å². The van der Waals surface area contributed by atoms with E-state index in [-0.39, 0.29) is 29.5 Å². The van der Waals surface area contributed by atoms with Crippen molar-refractivity contribution in [3.63, 3.8) is 0 Å². The standard InChI is InChI=1S/C19H21N9O2/c1-28-8-10(7-20)12-3-2-11(6-15(12)28)23-18-16(17(22)29)26-27-19(25-18)24-14-4-5-30-9-13(14)21/h2-3,6,8,13-14H,4-5,9,21H2,1H3,(H2,22,29)(H2,23,24,25,27)/t13-,14+/m0/s1. The summed E-state index contributed by atoms with van der Waals surface area (Å²) in [6, 6.07) is 7.37. The quantitative estimate of drug-likeness (QED) is 0.473. The molecule has 3 aromatic rings. The molecule has 3 heterocycles. The number of aryl methyl sites for hydroxylation is 1. The van der Waals surface area contributed by atoms with E-state index in [0.717, 1.165) is 10.9 Å². The lowest BCUT2D eigenvalue weighted by molar-refractivity contribution is 0.0751. The highest BCUT2D eigenvalue weighted by molar-refractivity contribution is 5.96. The Hall–Kier alpha value is -3.75. The fourth-order valence-electron chi connectivity index (χ4n) is 3.43. The van der Waals surface area contributed by atoms with E-state index in [1.54, 1.807) is 12.3 Å². The third-order valence-corrected chi connectivity index (χ3v) is 5.01. The largest absolute Gasteiger partial charge is 0.380 e. The normalized spacial score (nSPS) is 18.7. The first-order chi connectivity index (χ1) is 14.5. The Kier molecular flexibility index (Phi) is 5.18. The summed E-state index contributed by atoms with van der Waals surface area (Å²) in [4.78, 5) is 16.2. The predicted molar refractivity (Wildman–Crippen MR) is 110 cm³/mol. The molecule has 1 aromatic carbocycles. The number of nitrogens with one attached hydrogen (secondary N) is 2. The number of hydrogen-bond donors (Lipinski definition) is 4. The molecular formula is C19H21N9O2. The maximum atomic E-state index is 11.8. The van der Waals surface area contributed by atoms with Crippen LogP contribution in [0.25, 0.3) is 10.9 Å². The van der Waals surface area contributed by atoms with Crippen LogP contribution in [0.15, 0.2) is 24.4 Å². The van der Waals surface area contributed by atoms with E-state index in [4.69, 9.17) is 16.2 Å². The number of hydrogen-bond acceptors (Lipinski definition) is 9. The van der Waals surface area contributed by atoms with Crippen molar-refractivity contribution in [2.75, 3.05) is 23.8 Å². The maximum absolute atomic E-state index is 11.8. The van der Waals surface area contributed by atoms with Gasteiger partial charge >= 0.3 is 0 Å². The van der Waals surface area contributed by atoms with E-state index in [1.807, 2.05) is 23.7 Å². The molecule has 0 aliphatic carbocycles. The van der Waals surface area contributed by atoms with Gasteiger partial charge in [0.25, 0.3) is 5.91 Å². The van der Waals surface area contributed by atoms with Gasteiger partial charge in [-0.3, -0.25) is 4.79 Å². The van der Waals surface area contributed by atoms with Gasteiger partial charge in [-0.2, -0.15) is 10.2 Å². The minimum atomic E-state index is -0.751. The van der Waals surface area contributed by atoms with E-state index < -0.39 is 5.91 Å². The second kappa shape index (κ2) is 7.94. The Morgan fingerprint density at radius 2 is 2.23 bits per heavy atom. The molecule has 1 aliphatic rings. The van der Waals surface area contributed by atoms with Gasteiger partial charge in [0.2, 0.25) is 5.95 Å². The Morgan fingerprint density at radius 3 is 2.97 bits per heavy atom. The molecule has 154 valence electrons. The fraction of sp³-hybridized carbons (Fsp3) is 0.316. The maximum Gasteiger partial charge on any atom is 0.273 e. The summed E-state index contributed by atoms with van der Waals surface area (Å²) < 4.78 is 7.19. The Labute approximate surface area is 172 Å². The van der Waals surface area contributed by atoms with Gasteiger partial charge in [-0.25, -0.2) is 0 Å². The van der Waals surface area contributed by atoms with E-state index in [1.165, 1.54) is 0 Å². The second-order valence-corrected chi connectivity index (χ2v) is 7.10. The van der Waals surface area contributed by atoms with Crippen LogP contribution >= 0.6 is 0 Å². The number of anilines is 3. The molecular weight excluding hydrogens is 386 g/mol. The number of nitrogens with zero attached hydrogens (tertiary/aromatic N) is 5. The molecule has 0 unspecified atom stereocenters. The molecule has 30 heavy (non-hydrogen) atoms. The topological polar surface area (TPSA) is 170 Å². The van der Waals surface area contributed by atoms with Gasteiger partial charge in [-0.05, 0) is 24.6 Å². The number of nitrogens with two attached hydrogens (primary N) is 2. The van der Waals surface area contributed by atoms with Crippen molar-refractivity contribution in [1.82, 2.24) is 19.7 Å². The van der Waals surface area contributed by atoms with Gasteiger partial charge in [0.05, 0.1) is 17.7 Å². The Morgan fingerprint density at radius 1 is 1.40 bits per heavy atom. The molecule has 6 N–H and O–H groups in total. The number of primary amides is 1. The Balaban J connectivity index is 1.65. The summed E-state index contributed by atoms with van der Waals surface area (Å²) in [5.74, 6) is -0.343. The van der Waals surface area contributed by atoms with Crippen LogP contribution in [0.2, 0.25) is 0 Å². The number of carbonyl (C=O) groups is 1. The van der Waals surface area contributed by atoms with Gasteiger partial charge in [0, 0.05) is 43.0 Å². The van der Waals surface area contributed by atoms with Crippen LogP contribution in [-0.2, 0) is 11.8 Å². The molecule has 4 rings (SSSR count). The monoisotopic (exact) mass is 407 g/mol. The summed E-state index contributed by atoms with van der Waals surface area (Å²) in [6.45, 7) is 1.03. The molecule has 1 saturated heterocycles.